The quantitative estimate of drug-likeness (QED) is 0.491. The van der Waals surface area contributed by atoms with Crippen molar-refractivity contribution in [2.75, 3.05) is 11.4 Å². The van der Waals surface area contributed by atoms with E-state index >= 15 is 0 Å². The van der Waals surface area contributed by atoms with Crippen molar-refractivity contribution in [1.82, 2.24) is 0 Å². The lowest BCUT2D eigenvalue weighted by molar-refractivity contribution is -0.384. The monoisotopic (exact) mass is 308 g/mol. The highest BCUT2D eigenvalue weighted by molar-refractivity contribution is 6.00. The molecule has 0 saturated heterocycles. The highest BCUT2D eigenvalue weighted by Gasteiger charge is 2.22. The summed E-state index contributed by atoms with van der Waals surface area (Å²) in [7, 11) is 0. The average Bonchev–Trinajstić information content (AvgIpc) is 2.57. The van der Waals surface area contributed by atoms with Gasteiger partial charge in [0.2, 0.25) is 0 Å². The van der Waals surface area contributed by atoms with Crippen LogP contribution in [-0.4, -0.2) is 23.3 Å². The lowest BCUT2D eigenvalue weighted by Crippen LogP contribution is -2.38. The van der Waals surface area contributed by atoms with E-state index in [9.17, 15) is 14.9 Å². The van der Waals surface area contributed by atoms with E-state index in [1.54, 1.807) is 0 Å². The standard InChI is InChI=1S/C18H16N2O3/c1-13-6-7-14-4-2-3-5-17(14)19(13)12-18(21)15-8-10-16(11-9-15)20(22)23/h2-11,13H,12H2,1H3. The second kappa shape index (κ2) is 6.04. The van der Waals surface area contributed by atoms with Crippen LogP contribution in [0.15, 0.2) is 54.6 Å². The molecule has 0 aliphatic carbocycles. The van der Waals surface area contributed by atoms with Gasteiger partial charge >= 0.3 is 0 Å². The zero-order valence-corrected chi connectivity index (χ0v) is 12.7. The van der Waals surface area contributed by atoms with Gasteiger partial charge in [0.25, 0.3) is 5.69 Å². The smallest absolute Gasteiger partial charge is 0.269 e. The van der Waals surface area contributed by atoms with Gasteiger partial charge in [0.15, 0.2) is 5.78 Å². The van der Waals surface area contributed by atoms with Crippen molar-refractivity contribution in [1.29, 1.82) is 0 Å². The zero-order chi connectivity index (χ0) is 16.4. The van der Waals surface area contributed by atoms with Gasteiger partial charge in [0.1, 0.15) is 0 Å². The fourth-order valence-corrected chi connectivity index (χ4v) is 2.70. The van der Waals surface area contributed by atoms with Crippen molar-refractivity contribution in [3.05, 3.63) is 75.8 Å². The van der Waals surface area contributed by atoms with Gasteiger partial charge in [-0.2, -0.15) is 0 Å². The molecule has 23 heavy (non-hydrogen) atoms. The Labute approximate surface area is 134 Å². The lowest BCUT2D eigenvalue weighted by atomic mass is 10.0. The molecule has 1 atom stereocenters. The first-order chi connectivity index (χ1) is 11.1. The minimum atomic E-state index is -0.470. The van der Waals surface area contributed by atoms with Gasteiger partial charge in [-0.1, -0.05) is 30.4 Å². The molecule has 5 heteroatoms. The van der Waals surface area contributed by atoms with Crippen molar-refractivity contribution < 1.29 is 9.72 Å². The predicted octanol–water partition coefficient (Wildman–Crippen LogP) is 3.70. The summed E-state index contributed by atoms with van der Waals surface area (Å²) in [6, 6.07) is 13.8. The first kappa shape index (κ1) is 15.0. The molecule has 116 valence electrons. The number of ketones is 1. The second-order valence-electron chi connectivity index (χ2n) is 5.51. The first-order valence-electron chi connectivity index (χ1n) is 7.38. The minimum absolute atomic E-state index is 0.0128. The molecule has 5 nitrogen and oxygen atoms in total. The molecule has 0 bridgehead atoms. The number of anilines is 1. The highest BCUT2D eigenvalue weighted by atomic mass is 16.6. The number of nitro groups is 1. The summed E-state index contributed by atoms with van der Waals surface area (Å²) in [5, 5.41) is 10.7. The SMILES string of the molecule is CC1C=Cc2ccccc2N1CC(=O)c1ccc([N+](=O)[O-])cc1. The second-order valence-corrected chi connectivity index (χ2v) is 5.51. The maximum atomic E-state index is 12.5. The molecule has 0 amide bonds. The van der Waals surface area contributed by atoms with Crippen molar-refractivity contribution in [3.8, 4) is 0 Å². The lowest BCUT2D eigenvalue weighted by Gasteiger charge is -2.33. The number of carbonyl (C=O) groups excluding carboxylic acids is 1. The number of Topliss-reactive ketones (excluding diaryl/α,β-unsaturated/α-hetero) is 1. The van der Waals surface area contributed by atoms with Gasteiger partial charge < -0.3 is 4.90 Å². The Balaban J connectivity index is 1.82. The number of para-hydroxylation sites is 1. The van der Waals surface area contributed by atoms with E-state index in [1.165, 1.54) is 24.3 Å². The fraction of sp³-hybridized carbons (Fsp3) is 0.167. The number of hydrogen-bond acceptors (Lipinski definition) is 4. The van der Waals surface area contributed by atoms with Crippen LogP contribution in [0.5, 0.6) is 0 Å². The van der Waals surface area contributed by atoms with E-state index in [1.807, 2.05) is 36.1 Å². The van der Waals surface area contributed by atoms with Gasteiger partial charge in [-0.15, -0.1) is 0 Å². The molecule has 0 N–H and O–H groups in total. The van der Waals surface area contributed by atoms with Gasteiger partial charge in [-0.3, -0.25) is 14.9 Å². The first-order valence-corrected chi connectivity index (χ1v) is 7.38. The van der Waals surface area contributed by atoms with E-state index in [0.717, 1.165) is 11.3 Å². The molecule has 1 unspecified atom stereocenters. The van der Waals surface area contributed by atoms with Crippen LogP contribution in [0.1, 0.15) is 22.8 Å². The molecule has 1 aliphatic heterocycles. The minimum Gasteiger partial charge on any atom is -0.357 e. The third kappa shape index (κ3) is 2.99. The van der Waals surface area contributed by atoms with Crippen molar-refractivity contribution in [3.63, 3.8) is 0 Å². The fourth-order valence-electron chi connectivity index (χ4n) is 2.70. The number of nitro benzene ring substituents is 1. The van der Waals surface area contributed by atoms with Gasteiger partial charge in [-0.05, 0) is 30.7 Å². The molecular weight excluding hydrogens is 292 g/mol. The van der Waals surface area contributed by atoms with Crippen LogP contribution in [0.3, 0.4) is 0 Å². The number of rotatable bonds is 4. The number of non-ortho nitro benzene ring substituents is 1. The Kier molecular flexibility index (Phi) is 3.93. The Morgan fingerprint density at radius 1 is 1.17 bits per heavy atom. The Morgan fingerprint density at radius 3 is 2.57 bits per heavy atom. The molecule has 2 aromatic carbocycles. The van der Waals surface area contributed by atoms with E-state index < -0.39 is 4.92 Å². The molecule has 2 aromatic rings. The summed E-state index contributed by atoms with van der Waals surface area (Å²) in [6.45, 7) is 2.27. The Bertz CT molecular complexity index is 781. The molecule has 0 radical (unpaired) electrons. The van der Waals surface area contributed by atoms with E-state index in [2.05, 4.69) is 12.2 Å². The maximum Gasteiger partial charge on any atom is 0.269 e. The molecule has 3 rings (SSSR count). The summed E-state index contributed by atoms with van der Waals surface area (Å²) in [5.74, 6) is -0.0585. The normalized spacial score (nSPS) is 16.0. The van der Waals surface area contributed by atoms with Crippen LogP contribution in [0.25, 0.3) is 6.08 Å². The summed E-state index contributed by atoms with van der Waals surface area (Å²) in [4.78, 5) is 24.8. The molecule has 1 aliphatic rings. The maximum absolute atomic E-state index is 12.5. The van der Waals surface area contributed by atoms with E-state index in [0.29, 0.717) is 5.56 Å². The summed E-state index contributed by atoms with van der Waals surface area (Å²) >= 11 is 0. The number of benzene rings is 2. The summed E-state index contributed by atoms with van der Waals surface area (Å²) < 4.78 is 0. The van der Waals surface area contributed by atoms with Crippen molar-refractivity contribution in [2.24, 2.45) is 0 Å². The number of fused-ring (bicyclic) bond motifs is 1. The van der Waals surface area contributed by atoms with Gasteiger partial charge in [0, 0.05) is 29.4 Å². The van der Waals surface area contributed by atoms with Gasteiger partial charge in [0.05, 0.1) is 11.5 Å². The Morgan fingerprint density at radius 2 is 1.87 bits per heavy atom. The molecule has 0 saturated carbocycles. The van der Waals surface area contributed by atoms with Crippen LogP contribution < -0.4 is 4.90 Å². The van der Waals surface area contributed by atoms with Crippen LogP contribution in [-0.2, 0) is 0 Å². The van der Waals surface area contributed by atoms with Crippen molar-refractivity contribution in [2.45, 2.75) is 13.0 Å². The molecule has 0 spiro atoms. The third-order valence-electron chi connectivity index (χ3n) is 4.01. The average molecular weight is 308 g/mol. The zero-order valence-electron chi connectivity index (χ0n) is 12.7. The number of carbonyl (C=O) groups is 1. The molecular formula is C18H16N2O3. The van der Waals surface area contributed by atoms with Crippen LogP contribution >= 0.6 is 0 Å². The summed E-state index contributed by atoms with van der Waals surface area (Å²) in [6.07, 6.45) is 4.12. The number of nitrogens with zero attached hydrogens (tertiary/aromatic N) is 2. The van der Waals surface area contributed by atoms with Crippen LogP contribution in [0, 0.1) is 10.1 Å². The predicted molar refractivity (Wildman–Crippen MR) is 89.7 cm³/mol. The number of hydrogen-bond donors (Lipinski definition) is 0. The third-order valence-corrected chi connectivity index (χ3v) is 4.01. The van der Waals surface area contributed by atoms with Crippen LogP contribution in [0.4, 0.5) is 11.4 Å². The molecule has 1 heterocycles. The van der Waals surface area contributed by atoms with Crippen LogP contribution in [0.2, 0.25) is 0 Å². The molecule has 0 aromatic heterocycles. The van der Waals surface area contributed by atoms with Crippen molar-refractivity contribution >= 4 is 23.2 Å². The Hall–Kier alpha value is -2.95. The largest absolute Gasteiger partial charge is 0.357 e. The molecule has 0 fully saturated rings. The van der Waals surface area contributed by atoms with E-state index in [4.69, 9.17) is 0 Å². The van der Waals surface area contributed by atoms with E-state index in [-0.39, 0.29) is 24.1 Å². The topological polar surface area (TPSA) is 63.5 Å². The highest BCUT2D eigenvalue weighted by Crippen LogP contribution is 2.28. The summed E-state index contributed by atoms with van der Waals surface area (Å²) in [5.41, 5.74) is 2.58. The van der Waals surface area contributed by atoms with Gasteiger partial charge in [-0.25, -0.2) is 0 Å².